The topological polar surface area (TPSA) is 112 Å². The molecule has 2 aliphatic heterocycles. The summed E-state index contributed by atoms with van der Waals surface area (Å²) in [6.07, 6.45) is 5.21. The van der Waals surface area contributed by atoms with Crippen LogP contribution in [0.4, 0.5) is 19.0 Å². The molecule has 1 amide bonds. The van der Waals surface area contributed by atoms with Gasteiger partial charge in [-0.15, -0.1) is 0 Å². The lowest BCUT2D eigenvalue weighted by Gasteiger charge is -2.21. The Kier molecular flexibility index (Phi) is 6.98. The number of nitrogens with zero attached hydrogens (tertiary/aromatic N) is 6. The third-order valence-electron chi connectivity index (χ3n) is 4.98. The van der Waals surface area contributed by atoms with Crippen LogP contribution in [0, 0.1) is 0 Å². The van der Waals surface area contributed by atoms with Crippen LogP contribution in [0.15, 0.2) is 24.9 Å². The minimum absolute atomic E-state index is 0.0633. The van der Waals surface area contributed by atoms with E-state index in [1.807, 2.05) is 4.90 Å². The van der Waals surface area contributed by atoms with Crippen molar-refractivity contribution >= 4 is 17.7 Å². The van der Waals surface area contributed by atoms with E-state index in [-0.39, 0.29) is 5.91 Å². The average molecular weight is 438 g/mol. The zero-order chi connectivity index (χ0) is 22.4. The second-order valence-corrected chi connectivity index (χ2v) is 7.00. The van der Waals surface area contributed by atoms with Crippen molar-refractivity contribution in [3.05, 3.63) is 41.9 Å². The molecular weight excluding hydrogens is 417 g/mol. The number of aromatic nitrogens is 4. The summed E-state index contributed by atoms with van der Waals surface area (Å²) in [4.78, 5) is 42.8. The Labute approximate surface area is 176 Å². The number of rotatable bonds is 2. The molecule has 4 heterocycles. The van der Waals surface area contributed by atoms with Crippen LogP contribution in [0.2, 0.25) is 0 Å². The first kappa shape index (κ1) is 22.4. The first-order chi connectivity index (χ1) is 14.8. The number of amides is 1. The normalized spacial score (nSPS) is 16.1. The van der Waals surface area contributed by atoms with Gasteiger partial charge in [0.1, 0.15) is 17.8 Å². The number of carboxylic acid groups (broad SMARTS) is 1. The molecule has 0 radical (unpaired) electrons. The van der Waals surface area contributed by atoms with Crippen molar-refractivity contribution in [2.24, 2.45) is 0 Å². The molecule has 0 aromatic carbocycles. The first-order valence-electron chi connectivity index (χ1n) is 9.70. The molecule has 2 aliphatic rings. The van der Waals surface area contributed by atoms with E-state index in [4.69, 9.17) is 9.90 Å². The van der Waals surface area contributed by atoms with Gasteiger partial charge in [-0.1, -0.05) is 0 Å². The van der Waals surface area contributed by atoms with Crippen molar-refractivity contribution in [3.63, 3.8) is 0 Å². The molecule has 31 heavy (non-hydrogen) atoms. The summed E-state index contributed by atoms with van der Waals surface area (Å²) >= 11 is 0. The molecule has 0 aliphatic carbocycles. The molecule has 2 aromatic rings. The van der Waals surface area contributed by atoms with Crippen LogP contribution in [0.25, 0.3) is 0 Å². The van der Waals surface area contributed by atoms with E-state index in [0.717, 1.165) is 37.4 Å². The van der Waals surface area contributed by atoms with Gasteiger partial charge < -0.3 is 14.9 Å². The van der Waals surface area contributed by atoms with E-state index in [9.17, 15) is 18.0 Å². The van der Waals surface area contributed by atoms with Gasteiger partial charge in [-0.25, -0.2) is 19.7 Å². The van der Waals surface area contributed by atoms with Gasteiger partial charge in [-0.2, -0.15) is 13.2 Å². The number of aliphatic carboxylic acids is 1. The Bertz CT molecular complexity index is 920. The smallest absolute Gasteiger partial charge is 0.475 e. The summed E-state index contributed by atoms with van der Waals surface area (Å²) in [6, 6.07) is 0. The van der Waals surface area contributed by atoms with Gasteiger partial charge in [0.25, 0.3) is 5.91 Å². The number of hydrogen-bond donors (Lipinski definition) is 1. The molecule has 0 unspecified atom stereocenters. The zero-order valence-corrected chi connectivity index (χ0v) is 16.5. The van der Waals surface area contributed by atoms with Crippen LogP contribution >= 0.6 is 0 Å². The lowest BCUT2D eigenvalue weighted by Crippen LogP contribution is -2.34. The van der Waals surface area contributed by atoms with Crippen LogP contribution in [-0.2, 0) is 17.6 Å². The van der Waals surface area contributed by atoms with Crippen LogP contribution in [0.1, 0.15) is 34.6 Å². The number of hydrogen-bond acceptors (Lipinski definition) is 7. The maximum absolute atomic E-state index is 12.6. The Morgan fingerprint density at radius 2 is 1.65 bits per heavy atom. The van der Waals surface area contributed by atoms with E-state index in [2.05, 4.69) is 24.8 Å². The summed E-state index contributed by atoms with van der Waals surface area (Å²) in [5.74, 6) is -1.76. The van der Waals surface area contributed by atoms with Gasteiger partial charge in [-0.3, -0.25) is 9.78 Å². The highest BCUT2D eigenvalue weighted by Crippen LogP contribution is 2.26. The molecule has 2 aromatic heterocycles. The van der Waals surface area contributed by atoms with Crippen molar-refractivity contribution in [2.75, 3.05) is 31.1 Å². The van der Waals surface area contributed by atoms with Crippen LogP contribution < -0.4 is 4.90 Å². The van der Waals surface area contributed by atoms with Crippen molar-refractivity contribution in [1.82, 2.24) is 24.8 Å². The van der Waals surface area contributed by atoms with Gasteiger partial charge in [0.05, 0.1) is 11.9 Å². The third kappa shape index (κ3) is 5.64. The fourth-order valence-electron chi connectivity index (χ4n) is 3.49. The monoisotopic (exact) mass is 438 g/mol. The van der Waals surface area contributed by atoms with Crippen molar-refractivity contribution in [3.8, 4) is 0 Å². The van der Waals surface area contributed by atoms with Crippen LogP contribution in [-0.4, -0.2) is 74.2 Å². The van der Waals surface area contributed by atoms with Gasteiger partial charge >= 0.3 is 12.1 Å². The Morgan fingerprint density at radius 3 is 2.26 bits per heavy atom. The van der Waals surface area contributed by atoms with E-state index >= 15 is 0 Å². The maximum Gasteiger partial charge on any atom is 0.490 e. The predicted octanol–water partition coefficient (Wildman–Crippen LogP) is 1.74. The number of carboxylic acids is 1. The molecule has 1 fully saturated rings. The number of carbonyl (C=O) groups is 2. The van der Waals surface area contributed by atoms with Gasteiger partial charge in [-0.05, 0) is 19.3 Å². The van der Waals surface area contributed by atoms with Gasteiger partial charge in [0.15, 0.2) is 0 Å². The molecule has 1 saturated heterocycles. The molecule has 4 rings (SSSR count). The quantitative estimate of drug-likeness (QED) is 0.755. The Morgan fingerprint density at radius 1 is 0.968 bits per heavy atom. The average Bonchev–Trinajstić information content (AvgIpc) is 3.20. The minimum Gasteiger partial charge on any atom is -0.475 e. The predicted molar refractivity (Wildman–Crippen MR) is 103 cm³/mol. The molecule has 1 N–H and O–H groups in total. The first-order valence-corrected chi connectivity index (χ1v) is 9.70. The fourth-order valence-corrected chi connectivity index (χ4v) is 3.49. The van der Waals surface area contributed by atoms with Crippen LogP contribution in [0.5, 0.6) is 0 Å². The number of halogens is 3. The molecule has 0 spiro atoms. The van der Waals surface area contributed by atoms with Crippen molar-refractivity contribution in [2.45, 2.75) is 31.9 Å². The molecular formula is C19H21F3N6O3. The highest BCUT2D eigenvalue weighted by molar-refractivity contribution is 5.92. The zero-order valence-electron chi connectivity index (χ0n) is 16.5. The summed E-state index contributed by atoms with van der Waals surface area (Å²) in [6.45, 7) is 3.44. The molecule has 0 bridgehead atoms. The molecule has 0 atom stereocenters. The van der Waals surface area contributed by atoms with E-state index in [1.165, 1.54) is 24.6 Å². The largest absolute Gasteiger partial charge is 0.490 e. The summed E-state index contributed by atoms with van der Waals surface area (Å²) in [7, 11) is 0. The summed E-state index contributed by atoms with van der Waals surface area (Å²) < 4.78 is 31.7. The van der Waals surface area contributed by atoms with Crippen LogP contribution in [0.3, 0.4) is 0 Å². The lowest BCUT2D eigenvalue weighted by molar-refractivity contribution is -0.192. The highest BCUT2D eigenvalue weighted by Gasteiger charge is 2.38. The summed E-state index contributed by atoms with van der Waals surface area (Å²) in [5, 5.41) is 7.12. The molecule has 0 saturated carbocycles. The minimum atomic E-state index is -5.08. The Hall–Kier alpha value is -3.31. The standard InChI is InChI=1S/C17H20N6O.C2HF3O2/c24-17(15-11-18-5-6-19-15)23-9-3-13-14(4-10-23)20-12-21-16(13)22-7-1-2-8-22;3-2(4,5)1(6)7/h5-6,11-12H,1-4,7-10H2;(H,6,7). The summed E-state index contributed by atoms with van der Waals surface area (Å²) in [5.41, 5.74) is 2.67. The molecule has 12 heteroatoms. The van der Waals surface area contributed by atoms with E-state index < -0.39 is 12.1 Å². The molecule has 9 nitrogen and oxygen atoms in total. The SMILES string of the molecule is O=C(O)C(F)(F)F.O=C(c1cnccn1)N1CCc2ncnc(N3CCCC3)c2CC1. The third-order valence-corrected chi connectivity index (χ3v) is 4.98. The van der Waals surface area contributed by atoms with Gasteiger partial charge in [0.2, 0.25) is 0 Å². The van der Waals surface area contributed by atoms with Crippen molar-refractivity contribution < 1.29 is 27.9 Å². The number of fused-ring (bicyclic) bond motifs is 1. The number of anilines is 1. The number of carbonyl (C=O) groups excluding carboxylic acids is 1. The van der Waals surface area contributed by atoms with E-state index in [1.54, 1.807) is 18.7 Å². The van der Waals surface area contributed by atoms with E-state index in [0.29, 0.717) is 18.8 Å². The molecule has 166 valence electrons. The second kappa shape index (κ2) is 9.67. The number of alkyl halides is 3. The highest BCUT2D eigenvalue weighted by atomic mass is 19.4. The van der Waals surface area contributed by atoms with Crippen molar-refractivity contribution in [1.29, 1.82) is 0 Å². The fraction of sp³-hybridized carbons (Fsp3) is 0.474. The van der Waals surface area contributed by atoms with Gasteiger partial charge in [0, 0.05) is 50.6 Å². The Balaban J connectivity index is 0.000000339. The maximum atomic E-state index is 12.6. The lowest BCUT2D eigenvalue weighted by atomic mass is 10.1. The second-order valence-electron chi connectivity index (χ2n) is 7.00.